The molecule has 1 amide bonds. The van der Waals surface area contributed by atoms with Gasteiger partial charge in [-0.05, 0) is 0 Å². The second-order valence-electron chi connectivity index (χ2n) is 7.64. The van der Waals surface area contributed by atoms with E-state index in [0.29, 0.717) is 17.1 Å². The fourth-order valence-corrected chi connectivity index (χ4v) is 3.45. The topological polar surface area (TPSA) is 203 Å². The number of nitrogens with zero attached hydrogens (tertiary/aromatic N) is 7. The molecule has 14 nitrogen and oxygen atoms in total. The number of aromatic nitrogens is 6. The fraction of sp³-hybridized carbons (Fsp3) is 0.444. The molecule has 1 fully saturated rings. The quantitative estimate of drug-likeness (QED) is 0.283. The van der Waals surface area contributed by atoms with E-state index in [1.165, 1.54) is 18.7 Å². The number of carbonyl (C=O) groups excluding carboxylic acids is 1. The molecule has 3 aromatic heterocycles. The van der Waals surface area contributed by atoms with Crippen LogP contribution in [0, 0.1) is 0 Å². The van der Waals surface area contributed by atoms with Gasteiger partial charge in [0.1, 0.15) is 23.8 Å². The van der Waals surface area contributed by atoms with Crippen molar-refractivity contribution >= 4 is 34.8 Å². The summed E-state index contributed by atoms with van der Waals surface area (Å²) < 4.78 is 7.35. The van der Waals surface area contributed by atoms with Gasteiger partial charge in [0.15, 0.2) is 11.5 Å². The van der Waals surface area contributed by atoms with Gasteiger partial charge in [-0.1, -0.05) is 0 Å². The van der Waals surface area contributed by atoms with Gasteiger partial charge in [0.2, 0.25) is 11.9 Å². The number of imidazole rings is 1. The predicted octanol–water partition coefficient (Wildman–Crippen LogP) is -2.23. The average Bonchev–Trinajstić information content (AvgIpc) is 3.16. The molecule has 0 unspecified atom stereocenters. The zero-order valence-electron chi connectivity index (χ0n) is 17.5. The molecule has 170 valence electrons. The van der Waals surface area contributed by atoms with E-state index >= 15 is 0 Å². The van der Waals surface area contributed by atoms with Gasteiger partial charge in [0.05, 0.1) is 31.1 Å². The van der Waals surface area contributed by atoms with Crippen molar-refractivity contribution in [3.63, 3.8) is 0 Å². The number of hydrogen-bond acceptors (Lipinski definition) is 12. The third kappa shape index (κ3) is 4.10. The van der Waals surface area contributed by atoms with Crippen LogP contribution in [0.15, 0.2) is 18.7 Å². The highest BCUT2D eigenvalue weighted by atomic mass is 16.5. The lowest BCUT2D eigenvalue weighted by molar-refractivity contribution is -0.152. The Bertz CT molecular complexity index is 1120. The highest BCUT2D eigenvalue weighted by molar-refractivity contribution is 5.94. The Kier molecular flexibility index (Phi) is 5.73. The summed E-state index contributed by atoms with van der Waals surface area (Å²) in [5, 5.41) is 23.8. The van der Waals surface area contributed by atoms with E-state index in [4.69, 9.17) is 16.2 Å². The van der Waals surface area contributed by atoms with Crippen molar-refractivity contribution < 1.29 is 19.7 Å². The zero-order valence-corrected chi connectivity index (χ0v) is 17.5. The number of fused-ring (bicyclic) bond motifs is 1. The van der Waals surface area contributed by atoms with E-state index in [2.05, 4.69) is 30.2 Å². The maximum absolute atomic E-state index is 12.5. The normalized spacial score (nSPS) is 23.2. The molecule has 0 aromatic carbocycles. The van der Waals surface area contributed by atoms with Crippen LogP contribution in [0.1, 0.15) is 10.4 Å². The maximum atomic E-state index is 12.5. The SMILES string of the molecule is CN(C)c1ncc(C(=O)N[C@@H]2CO[C@H](Cn3cnc4nc(N)nc(N)c43)[C@@H](O)[C@H]2O)cn1. The first kappa shape index (κ1) is 21.6. The maximum Gasteiger partial charge on any atom is 0.254 e. The van der Waals surface area contributed by atoms with E-state index < -0.39 is 30.3 Å². The van der Waals surface area contributed by atoms with Crippen molar-refractivity contribution in [2.24, 2.45) is 0 Å². The van der Waals surface area contributed by atoms with Gasteiger partial charge in [-0.2, -0.15) is 9.97 Å². The van der Waals surface area contributed by atoms with Crippen LogP contribution >= 0.6 is 0 Å². The van der Waals surface area contributed by atoms with Gasteiger partial charge in [-0.15, -0.1) is 0 Å². The molecule has 14 heteroatoms. The number of ether oxygens (including phenoxy) is 1. The lowest BCUT2D eigenvalue weighted by atomic mass is 9.97. The Morgan fingerprint density at radius 2 is 1.94 bits per heavy atom. The molecule has 4 heterocycles. The number of carbonyl (C=O) groups is 1. The summed E-state index contributed by atoms with van der Waals surface area (Å²) in [6.07, 6.45) is 0.916. The van der Waals surface area contributed by atoms with Gasteiger partial charge in [0, 0.05) is 26.5 Å². The Hall–Kier alpha value is -3.62. The first-order valence-corrected chi connectivity index (χ1v) is 9.76. The van der Waals surface area contributed by atoms with Crippen LogP contribution in [0.4, 0.5) is 17.7 Å². The Labute approximate surface area is 182 Å². The van der Waals surface area contributed by atoms with E-state index in [1.807, 2.05) is 0 Å². The number of nitrogen functional groups attached to an aromatic ring is 2. The Morgan fingerprint density at radius 3 is 2.62 bits per heavy atom. The van der Waals surface area contributed by atoms with E-state index in [0.717, 1.165) is 0 Å². The molecule has 3 aromatic rings. The molecule has 7 N–H and O–H groups in total. The number of aliphatic hydroxyl groups is 2. The lowest BCUT2D eigenvalue weighted by Crippen LogP contribution is -2.59. The highest BCUT2D eigenvalue weighted by Crippen LogP contribution is 2.22. The van der Waals surface area contributed by atoms with Crippen molar-refractivity contribution in [2.45, 2.75) is 30.9 Å². The minimum absolute atomic E-state index is 0.00459. The number of amides is 1. The monoisotopic (exact) mass is 444 g/mol. The van der Waals surface area contributed by atoms with Crippen molar-refractivity contribution in [1.82, 2.24) is 34.8 Å². The zero-order chi connectivity index (χ0) is 23.0. The average molecular weight is 444 g/mol. The lowest BCUT2D eigenvalue weighted by Gasteiger charge is -2.38. The first-order valence-electron chi connectivity index (χ1n) is 9.76. The van der Waals surface area contributed by atoms with Crippen molar-refractivity contribution in [3.05, 3.63) is 24.3 Å². The molecule has 0 radical (unpaired) electrons. The summed E-state index contributed by atoms with van der Waals surface area (Å²) in [5.41, 5.74) is 12.5. The number of aliphatic hydroxyl groups excluding tert-OH is 2. The summed E-state index contributed by atoms with van der Waals surface area (Å²) in [6.45, 7) is 0.115. The van der Waals surface area contributed by atoms with E-state index in [1.54, 1.807) is 23.6 Å². The van der Waals surface area contributed by atoms with Gasteiger partial charge < -0.3 is 41.2 Å². The summed E-state index contributed by atoms with van der Waals surface area (Å²) in [5.74, 6) is 0.117. The summed E-state index contributed by atoms with van der Waals surface area (Å²) >= 11 is 0. The van der Waals surface area contributed by atoms with E-state index in [9.17, 15) is 15.0 Å². The van der Waals surface area contributed by atoms with Crippen LogP contribution in [0.25, 0.3) is 11.2 Å². The van der Waals surface area contributed by atoms with Crippen molar-refractivity contribution in [2.75, 3.05) is 37.1 Å². The number of anilines is 3. The van der Waals surface area contributed by atoms with Crippen LogP contribution < -0.4 is 21.7 Å². The molecule has 32 heavy (non-hydrogen) atoms. The largest absolute Gasteiger partial charge is 0.388 e. The van der Waals surface area contributed by atoms with Gasteiger partial charge in [-0.3, -0.25) is 4.79 Å². The second-order valence-corrected chi connectivity index (χ2v) is 7.64. The minimum Gasteiger partial charge on any atom is -0.388 e. The Morgan fingerprint density at radius 1 is 1.22 bits per heavy atom. The van der Waals surface area contributed by atoms with Crippen LogP contribution in [0.5, 0.6) is 0 Å². The van der Waals surface area contributed by atoms with Gasteiger partial charge in [0.25, 0.3) is 5.91 Å². The predicted molar refractivity (Wildman–Crippen MR) is 114 cm³/mol. The molecule has 1 aliphatic rings. The number of nitrogens with two attached hydrogens (primary N) is 2. The molecule has 0 saturated carbocycles. The standard InChI is InChI=1S/C18H24N10O4/c1-27(2)18-21-3-8(4-22-18)16(31)24-9-6-32-10(13(30)12(9)29)5-28-7-23-15-11(28)14(19)25-17(20)26-15/h3-4,7,9-10,12-13,29-30H,5-6H2,1-2H3,(H,24,31)(H4,19,20,25,26)/t9-,10-,12+,13-/m1/s1. The smallest absolute Gasteiger partial charge is 0.254 e. The first-order chi connectivity index (χ1) is 15.2. The molecule has 0 aliphatic carbocycles. The van der Waals surface area contributed by atoms with Gasteiger partial charge in [-0.25, -0.2) is 15.0 Å². The van der Waals surface area contributed by atoms with Crippen LogP contribution in [-0.2, 0) is 11.3 Å². The van der Waals surface area contributed by atoms with Crippen molar-refractivity contribution in [3.8, 4) is 0 Å². The van der Waals surface area contributed by atoms with E-state index in [-0.39, 0.29) is 30.5 Å². The van der Waals surface area contributed by atoms with Crippen LogP contribution in [-0.4, -0.2) is 90.7 Å². The molecule has 1 saturated heterocycles. The molecule has 0 bridgehead atoms. The van der Waals surface area contributed by atoms with Crippen molar-refractivity contribution in [1.29, 1.82) is 0 Å². The summed E-state index contributed by atoms with van der Waals surface area (Å²) in [4.78, 5) is 34.4. The highest BCUT2D eigenvalue weighted by Gasteiger charge is 2.39. The molecular formula is C18H24N10O4. The van der Waals surface area contributed by atoms with Crippen LogP contribution in [0.2, 0.25) is 0 Å². The summed E-state index contributed by atoms with van der Waals surface area (Å²) in [7, 11) is 3.57. The van der Waals surface area contributed by atoms with Crippen LogP contribution in [0.3, 0.4) is 0 Å². The molecule has 4 rings (SSSR count). The molecule has 4 atom stereocenters. The number of hydrogen-bond donors (Lipinski definition) is 5. The number of rotatable bonds is 5. The molecule has 0 spiro atoms. The van der Waals surface area contributed by atoms with Gasteiger partial charge >= 0.3 is 0 Å². The third-order valence-electron chi connectivity index (χ3n) is 5.14. The minimum atomic E-state index is -1.28. The summed E-state index contributed by atoms with van der Waals surface area (Å²) in [6, 6.07) is -0.824. The molecular weight excluding hydrogens is 420 g/mol. The number of nitrogens with one attached hydrogen (secondary N) is 1. The third-order valence-corrected chi connectivity index (χ3v) is 5.14. The molecule has 1 aliphatic heterocycles. The fourth-order valence-electron chi connectivity index (χ4n) is 3.45. The second kappa shape index (κ2) is 8.49. The Balaban J connectivity index is 1.42.